The number of hydrogen-bond donors (Lipinski definition) is 1. The van der Waals surface area contributed by atoms with Crippen LogP contribution in [-0.4, -0.2) is 35.5 Å². The minimum atomic E-state index is -0.543. The number of allylic oxidation sites excluding steroid dienone is 4. The molecule has 6 rings (SSSR count). The molecule has 0 saturated carbocycles. The number of nitrogens with one attached hydrogen (secondary N) is 1. The van der Waals surface area contributed by atoms with Crippen LogP contribution in [0.1, 0.15) is 81.5 Å². The third kappa shape index (κ3) is 6.83. The van der Waals surface area contributed by atoms with E-state index in [0.29, 0.717) is 36.3 Å². The SMILES string of the molecule is Cc1ccc(NC(=O)COc2ccccc2C2C3=C(CC(C)(C)CC3=O)N(CCc3ccccc3)C3=C2C(=O)CC(C)(C)C3)c(C)c1. The van der Waals surface area contributed by atoms with Crippen molar-refractivity contribution in [3.8, 4) is 5.75 Å². The lowest BCUT2D eigenvalue weighted by molar-refractivity contribution is -0.120. The average molecular weight is 631 g/mol. The van der Waals surface area contributed by atoms with Crippen LogP contribution < -0.4 is 10.1 Å². The van der Waals surface area contributed by atoms with Gasteiger partial charge >= 0.3 is 0 Å². The Morgan fingerprint density at radius 2 is 1.40 bits per heavy atom. The largest absolute Gasteiger partial charge is 0.483 e. The zero-order valence-corrected chi connectivity index (χ0v) is 28.5. The summed E-state index contributed by atoms with van der Waals surface area (Å²) in [5.41, 5.74) is 7.89. The van der Waals surface area contributed by atoms with E-state index in [1.165, 1.54) is 5.56 Å². The zero-order chi connectivity index (χ0) is 33.5. The Morgan fingerprint density at radius 3 is 2.02 bits per heavy atom. The minimum Gasteiger partial charge on any atom is -0.483 e. The van der Waals surface area contributed by atoms with Crippen molar-refractivity contribution in [3.63, 3.8) is 0 Å². The van der Waals surface area contributed by atoms with Crippen LogP contribution in [0.3, 0.4) is 0 Å². The van der Waals surface area contributed by atoms with Gasteiger partial charge in [-0.05, 0) is 67.2 Å². The Morgan fingerprint density at radius 1 is 0.809 bits per heavy atom. The molecule has 0 fully saturated rings. The fourth-order valence-corrected chi connectivity index (χ4v) is 7.65. The monoisotopic (exact) mass is 630 g/mol. The van der Waals surface area contributed by atoms with E-state index in [-0.39, 0.29) is 34.9 Å². The van der Waals surface area contributed by atoms with Gasteiger partial charge in [-0.3, -0.25) is 14.4 Å². The fourth-order valence-electron chi connectivity index (χ4n) is 7.65. The number of nitrogens with zero attached hydrogens (tertiary/aromatic N) is 1. The summed E-state index contributed by atoms with van der Waals surface area (Å²) in [6.45, 7) is 13.1. The van der Waals surface area contributed by atoms with Crippen molar-refractivity contribution in [2.24, 2.45) is 10.8 Å². The Labute approximate surface area is 278 Å². The summed E-state index contributed by atoms with van der Waals surface area (Å²) in [5.74, 6) is -0.137. The standard InChI is InChI=1S/C41H46N2O4/c1-26-16-17-30(27(2)20-26)42-36(46)25-47-35-15-11-10-14-29(35)37-38-31(21-40(3,4)23-33(38)44)43(19-18-28-12-8-7-9-13-28)32-22-41(5,6)24-34(45)39(32)37/h7-17,20,37H,18-19,21-25H2,1-6H3,(H,42,46). The molecule has 3 aromatic rings. The first-order chi connectivity index (χ1) is 22.3. The van der Waals surface area contributed by atoms with Crippen molar-refractivity contribution in [2.75, 3.05) is 18.5 Å². The molecule has 0 atom stereocenters. The van der Waals surface area contributed by atoms with E-state index < -0.39 is 5.92 Å². The Bertz CT molecular complexity index is 1740. The van der Waals surface area contributed by atoms with Gasteiger partial charge in [0.25, 0.3) is 5.91 Å². The first-order valence-corrected chi connectivity index (χ1v) is 16.7. The molecular formula is C41H46N2O4. The molecule has 0 aromatic heterocycles. The number of carbonyl (C=O) groups is 3. The van der Waals surface area contributed by atoms with E-state index in [9.17, 15) is 14.4 Å². The second kappa shape index (κ2) is 12.6. The van der Waals surface area contributed by atoms with E-state index in [1.54, 1.807) is 0 Å². The van der Waals surface area contributed by atoms with E-state index in [2.05, 4.69) is 62.2 Å². The quantitative estimate of drug-likeness (QED) is 0.271. The molecule has 6 heteroatoms. The Kier molecular flexibility index (Phi) is 8.73. The number of aryl methyl sites for hydroxylation is 2. The third-order valence-electron chi connectivity index (χ3n) is 9.73. The molecule has 3 aromatic carbocycles. The lowest BCUT2D eigenvalue weighted by Gasteiger charge is -2.49. The van der Waals surface area contributed by atoms with Gasteiger partial charge in [0, 0.05) is 59.1 Å². The van der Waals surface area contributed by atoms with E-state index in [0.717, 1.165) is 53.0 Å². The van der Waals surface area contributed by atoms with Crippen LogP contribution in [-0.2, 0) is 20.8 Å². The van der Waals surface area contributed by atoms with Gasteiger partial charge in [-0.2, -0.15) is 0 Å². The number of amides is 1. The molecule has 0 spiro atoms. The number of benzene rings is 3. The highest BCUT2D eigenvalue weighted by Gasteiger charge is 2.49. The molecule has 1 heterocycles. The molecule has 0 radical (unpaired) electrons. The molecule has 0 bridgehead atoms. The van der Waals surface area contributed by atoms with Crippen LogP contribution in [0.2, 0.25) is 0 Å². The molecule has 1 amide bonds. The molecular weight excluding hydrogens is 584 g/mol. The zero-order valence-electron chi connectivity index (χ0n) is 28.5. The van der Waals surface area contributed by atoms with Gasteiger partial charge in [-0.1, -0.05) is 93.9 Å². The molecule has 1 N–H and O–H groups in total. The summed E-state index contributed by atoms with van der Waals surface area (Å²) in [4.78, 5) is 43.9. The van der Waals surface area contributed by atoms with Gasteiger partial charge < -0.3 is 15.0 Å². The van der Waals surface area contributed by atoms with E-state index >= 15 is 0 Å². The van der Waals surface area contributed by atoms with Gasteiger partial charge in [0.05, 0.1) is 0 Å². The number of hydrogen-bond acceptors (Lipinski definition) is 5. The van der Waals surface area contributed by atoms with Crippen molar-refractivity contribution >= 4 is 23.2 Å². The summed E-state index contributed by atoms with van der Waals surface area (Å²) in [6.07, 6.45) is 3.12. The predicted octanol–water partition coefficient (Wildman–Crippen LogP) is 8.25. The van der Waals surface area contributed by atoms with Gasteiger partial charge in [0.1, 0.15) is 5.75 Å². The lowest BCUT2D eigenvalue weighted by Crippen LogP contribution is -2.45. The van der Waals surface area contributed by atoms with Crippen molar-refractivity contribution < 1.29 is 19.1 Å². The first kappa shape index (κ1) is 32.5. The summed E-state index contributed by atoms with van der Waals surface area (Å²) in [6, 6.07) is 23.9. The number of para-hydroxylation sites is 1. The van der Waals surface area contributed by atoms with Crippen molar-refractivity contribution in [1.82, 2.24) is 4.90 Å². The molecule has 2 aliphatic carbocycles. The maximum atomic E-state index is 14.3. The number of ether oxygens (including phenoxy) is 1. The molecule has 6 nitrogen and oxygen atoms in total. The van der Waals surface area contributed by atoms with Crippen molar-refractivity contribution in [2.45, 2.75) is 79.6 Å². The molecule has 3 aliphatic rings. The van der Waals surface area contributed by atoms with Crippen LogP contribution in [0.4, 0.5) is 5.69 Å². The maximum Gasteiger partial charge on any atom is 0.262 e. The molecule has 47 heavy (non-hydrogen) atoms. The molecule has 0 saturated heterocycles. The van der Waals surface area contributed by atoms with Crippen LogP contribution in [0, 0.1) is 24.7 Å². The minimum absolute atomic E-state index is 0.0811. The molecule has 0 unspecified atom stereocenters. The van der Waals surface area contributed by atoms with Crippen LogP contribution in [0.5, 0.6) is 5.75 Å². The number of Topliss-reactive ketones (excluding diaryl/α,β-unsaturated/α-hetero) is 2. The van der Waals surface area contributed by atoms with Gasteiger partial charge in [0.2, 0.25) is 0 Å². The number of rotatable bonds is 8. The topological polar surface area (TPSA) is 75.7 Å². The van der Waals surface area contributed by atoms with Crippen LogP contribution in [0.25, 0.3) is 0 Å². The highest BCUT2D eigenvalue weighted by Crippen LogP contribution is 2.55. The molecule has 1 aliphatic heterocycles. The number of carbonyl (C=O) groups excluding carboxylic acids is 3. The fraction of sp³-hybridized carbons (Fsp3) is 0.390. The van der Waals surface area contributed by atoms with E-state index in [1.807, 2.05) is 62.4 Å². The van der Waals surface area contributed by atoms with Crippen LogP contribution in [0.15, 0.2) is 95.3 Å². The number of anilines is 1. The normalized spacial score (nSPS) is 19.0. The summed E-state index contributed by atoms with van der Waals surface area (Å²) < 4.78 is 6.24. The van der Waals surface area contributed by atoms with Crippen LogP contribution >= 0.6 is 0 Å². The second-order valence-electron chi connectivity index (χ2n) is 15.1. The van der Waals surface area contributed by atoms with Gasteiger partial charge in [0.15, 0.2) is 18.2 Å². The molecule has 244 valence electrons. The summed E-state index contributed by atoms with van der Waals surface area (Å²) in [7, 11) is 0. The van der Waals surface area contributed by atoms with Crippen molar-refractivity contribution in [1.29, 1.82) is 0 Å². The first-order valence-electron chi connectivity index (χ1n) is 16.7. The summed E-state index contributed by atoms with van der Waals surface area (Å²) >= 11 is 0. The predicted molar refractivity (Wildman–Crippen MR) is 186 cm³/mol. The average Bonchev–Trinajstić information content (AvgIpc) is 2.99. The highest BCUT2D eigenvalue weighted by atomic mass is 16.5. The Balaban J connectivity index is 1.41. The van der Waals surface area contributed by atoms with Crippen molar-refractivity contribution in [3.05, 3.63) is 118 Å². The highest BCUT2D eigenvalue weighted by molar-refractivity contribution is 6.07. The number of ketones is 2. The summed E-state index contributed by atoms with van der Waals surface area (Å²) in [5, 5.41) is 2.97. The van der Waals surface area contributed by atoms with E-state index in [4.69, 9.17) is 4.74 Å². The smallest absolute Gasteiger partial charge is 0.262 e. The maximum absolute atomic E-state index is 14.3. The third-order valence-corrected chi connectivity index (χ3v) is 9.73. The van der Waals surface area contributed by atoms with Gasteiger partial charge in [-0.25, -0.2) is 0 Å². The second-order valence-corrected chi connectivity index (χ2v) is 15.1. The lowest BCUT2D eigenvalue weighted by atomic mass is 9.63. The Hall–Kier alpha value is -4.45. The van der Waals surface area contributed by atoms with Gasteiger partial charge in [-0.15, -0.1) is 0 Å².